The molecule has 0 spiro atoms. The number of carbonyl (C=O) groups is 2. The first-order chi connectivity index (χ1) is 14.3. The van der Waals surface area contributed by atoms with Crippen LogP contribution in [-0.2, 0) is 9.59 Å². The summed E-state index contributed by atoms with van der Waals surface area (Å²) in [5.74, 6) is 0.957. The Hall–Kier alpha value is -3.07. The lowest BCUT2D eigenvalue weighted by molar-refractivity contribution is -0.123. The van der Waals surface area contributed by atoms with Crippen LogP contribution >= 0.6 is 15.9 Å². The number of methoxy groups -OCH3 is 2. The van der Waals surface area contributed by atoms with E-state index in [-0.39, 0.29) is 18.9 Å². The Bertz CT molecular complexity index is 946. The van der Waals surface area contributed by atoms with Crippen LogP contribution in [0.5, 0.6) is 17.2 Å². The number of rotatable bonds is 9. The van der Waals surface area contributed by atoms with Gasteiger partial charge >= 0.3 is 0 Å². The highest BCUT2D eigenvalue weighted by molar-refractivity contribution is 9.10. The van der Waals surface area contributed by atoms with Crippen molar-refractivity contribution in [2.45, 2.75) is 20.3 Å². The molecule has 0 saturated heterocycles. The van der Waals surface area contributed by atoms with Crippen LogP contribution in [0.15, 0.2) is 46.0 Å². The molecule has 30 heavy (non-hydrogen) atoms. The van der Waals surface area contributed by atoms with Gasteiger partial charge in [-0.2, -0.15) is 5.10 Å². The summed E-state index contributed by atoms with van der Waals surface area (Å²) in [5, 5.41) is 6.68. The zero-order valence-corrected chi connectivity index (χ0v) is 18.8. The van der Waals surface area contributed by atoms with Crippen molar-refractivity contribution in [3.63, 3.8) is 0 Å². The smallest absolute Gasteiger partial charge is 0.277 e. The summed E-state index contributed by atoms with van der Waals surface area (Å²) in [6.07, 6.45) is 0.00221. The fourth-order valence-corrected chi connectivity index (χ4v) is 2.66. The molecule has 8 nitrogen and oxygen atoms in total. The quantitative estimate of drug-likeness (QED) is 0.424. The predicted molar refractivity (Wildman–Crippen MR) is 118 cm³/mol. The van der Waals surface area contributed by atoms with Gasteiger partial charge in [-0.1, -0.05) is 15.9 Å². The molecule has 0 saturated carbocycles. The number of anilines is 1. The number of aryl methyl sites for hydroxylation is 1. The Morgan fingerprint density at radius 3 is 2.43 bits per heavy atom. The molecule has 0 fully saturated rings. The minimum atomic E-state index is -0.424. The fourth-order valence-electron chi connectivity index (χ4n) is 2.41. The summed E-state index contributed by atoms with van der Waals surface area (Å²) in [7, 11) is 3.05. The monoisotopic (exact) mass is 477 g/mol. The molecule has 0 heterocycles. The van der Waals surface area contributed by atoms with Crippen molar-refractivity contribution in [1.29, 1.82) is 0 Å². The second kappa shape index (κ2) is 11.2. The number of amides is 2. The molecule has 2 rings (SSSR count). The summed E-state index contributed by atoms with van der Waals surface area (Å²) < 4.78 is 16.8. The molecule has 2 amide bonds. The molecule has 0 unspecified atom stereocenters. The molecule has 2 N–H and O–H groups in total. The van der Waals surface area contributed by atoms with Crippen LogP contribution in [0.4, 0.5) is 5.69 Å². The van der Waals surface area contributed by atoms with Crippen molar-refractivity contribution in [2.24, 2.45) is 5.10 Å². The van der Waals surface area contributed by atoms with E-state index in [0.29, 0.717) is 28.6 Å². The van der Waals surface area contributed by atoms with E-state index in [2.05, 4.69) is 31.8 Å². The minimum Gasteiger partial charge on any atom is -0.497 e. The van der Waals surface area contributed by atoms with Crippen molar-refractivity contribution >= 4 is 39.1 Å². The van der Waals surface area contributed by atoms with E-state index in [1.165, 1.54) is 7.11 Å². The van der Waals surface area contributed by atoms with Crippen LogP contribution in [0.3, 0.4) is 0 Å². The van der Waals surface area contributed by atoms with Crippen LogP contribution in [0.25, 0.3) is 0 Å². The Labute approximate surface area is 183 Å². The van der Waals surface area contributed by atoms with E-state index < -0.39 is 5.91 Å². The number of ether oxygens (including phenoxy) is 3. The normalized spacial score (nSPS) is 10.9. The Morgan fingerprint density at radius 1 is 1.03 bits per heavy atom. The molecule has 0 aromatic heterocycles. The van der Waals surface area contributed by atoms with Gasteiger partial charge in [0, 0.05) is 16.3 Å². The molecule has 0 radical (unpaired) electrons. The van der Waals surface area contributed by atoms with E-state index in [0.717, 1.165) is 10.0 Å². The highest BCUT2D eigenvalue weighted by atomic mass is 79.9. The number of carbonyl (C=O) groups excluding carboxylic acids is 2. The van der Waals surface area contributed by atoms with Gasteiger partial charge in [0.1, 0.15) is 17.2 Å². The number of nitrogens with zero attached hydrogens (tertiary/aromatic N) is 1. The van der Waals surface area contributed by atoms with Crippen molar-refractivity contribution in [1.82, 2.24) is 5.43 Å². The Kier molecular flexibility index (Phi) is 8.67. The van der Waals surface area contributed by atoms with Crippen molar-refractivity contribution in [2.75, 3.05) is 26.1 Å². The van der Waals surface area contributed by atoms with Gasteiger partial charge in [0.05, 0.1) is 26.3 Å². The second-order valence-corrected chi connectivity index (χ2v) is 7.23. The summed E-state index contributed by atoms with van der Waals surface area (Å²) in [6, 6.07) is 10.5. The number of halogens is 1. The average Bonchev–Trinajstić information content (AvgIpc) is 2.73. The van der Waals surface area contributed by atoms with Crippen LogP contribution in [-0.4, -0.2) is 38.4 Å². The summed E-state index contributed by atoms with van der Waals surface area (Å²) >= 11 is 3.41. The molecule has 9 heteroatoms. The first-order valence-corrected chi connectivity index (χ1v) is 9.84. The lowest BCUT2D eigenvalue weighted by Gasteiger charge is -2.11. The van der Waals surface area contributed by atoms with Gasteiger partial charge in [-0.25, -0.2) is 5.43 Å². The third kappa shape index (κ3) is 7.07. The molecule has 0 atom stereocenters. The molecule has 0 aliphatic carbocycles. The van der Waals surface area contributed by atoms with Crippen LogP contribution < -0.4 is 25.0 Å². The lowest BCUT2D eigenvalue weighted by Crippen LogP contribution is -2.26. The van der Waals surface area contributed by atoms with Crippen LogP contribution in [0.1, 0.15) is 18.9 Å². The highest BCUT2D eigenvalue weighted by Gasteiger charge is 2.11. The van der Waals surface area contributed by atoms with E-state index >= 15 is 0 Å². The van der Waals surface area contributed by atoms with Gasteiger partial charge in [-0.3, -0.25) is 9.59 Å². The molecule has 2 aromatic carbocycles. The average molecular weight is 478 g/mol. The van der Waals surface area contributed by atoms with Crippen LogP contribution in [0.2, 0.25) is 0 Å². The van der Waals surface area contributed by atoms with E-state index in [4.69, 9.17) is 14.2 Å². The molecular weight excluding hydrogens is 454 g/mol. The lowest BCUT2D eigenvalue weighted by atomic mass is 10.2. The molecular formula is C21H24BrN3O5. The van der Waals surface area contributed by atoms with Gasteiger partial charge in [0.25, 0.3) is 5.91 Å². The van der Waals surface area contributed by atoms with Crippen molar-refractivity contribution in [3.05, 3.63) is 46.4 Å². The Morgan fingerprint density at radius 2 is 1.77 bits per heavy atom. The molecule has 2 aromatic rings. The number of nitrogens with one attached hydrogen (secondary N) is 2. The van der Waals surface area contributed by atoms with Crippen molar-refractivity contribution < 1.29 is 23.8 Å². The molecule has 0 bridgehead atoms. The van der Waals surface area contributed by atoms with Gasteiger partial charge in [-0.05, 0) is 49.7 Å². The summed E-state index contributed by atoms with van der Waals surface area (Å²) in [4.78, 5) is 24.2. The van der Waals surface area contributed by atoms with Gasteiger partial charge in [-0.15, -0.1) is 0 Å². The SMILES string of the molecule is COc1ccc(NC(=O)C/C(C)=N/NC(=O)COc2ccc(Br)c(C)c2)c(OC)c1. The number of benzene rings is 2. The Balaban J connectivity index is 1.83. The number of hydrazone groups is 1. The topological polar surface area (TPSA) is 98.2 Å². The number of hydrogen-bond acceptors (Lipinski definition) is 6. The van der Waals surface area contributed by atoms with Crippen molar-refractivity contribution in [3.8, 4) is 17.2 Å². The van der Waals surface area contributed by atoms with Gasteiger partial charge in [0.2, 0.25) is 5.91 Å². The maximum Gasteiger partial charge on any atom is 0.277 e. The third-order valence-electron chi connectivity index (χ3n) is 3.97. The molecule has 0 aliphatic heterocycles. The van der Waals surface area contributed by atoms with E-state index in [1.54, 1.807) is 38.3 Å². The van der Waals surface area contributed by atoms with Gasteiger partial charge in [0.15, 0.2) is 6.61 Å². The summed E-state index contributed by atoms with van der Waals surface area (Å²) in [6.45, 7) is 3.38. The first-order valence-electron chi connectivity index (χ1n) is 9.05. The second-order valence-electron chi connectivity index (χ2n) is 6.37. The number of hydrogen-bond donors (Lipinski definition) is 2. The standard InChI is InChI=1S/C21H24BrN3O5/c1-13-9-16(5-7-17(13)22)30-12-21(27)25-24-14(2)10-20(26)23-18-8-6-15(28-3)11-19(18)29-4/h5-9,11H,10,12H2,1-4H3,(H,23,26)(H,25,27)/b24-14+. The van der Waals surface area contributed by atoms with E-state index in [9.17, 15) is 9.59 Å². The maximum absolute atomic E-state index is 12.2. The zero-order chi connectivity index (χ0) is 22.1. The molecule has 160 valence electrons. The fraction of sp³-hybridized carbons (Fsp3) is 0.286. The van der Waals surface area contributed by atoms with E-state index in [1.807, 2.05) is 19.1 Å². The predicted octanol–water partition coefficient (Wildman–Crippen LogP) is 3.67. The van der Waals surface area contributed by atoms with Gasteiger partial charge < -0.3 is 19.5 Å². The summed E-state index contributed by atoms with van der Waals surface area (Å²) in [5.41, 5.74) is 4.33. The minimum absolute atomic E-state index is 0.00221. The highest BCUT2D eigenvalue weighted by Crippen LogP contribution is 2.29. The maximum atomic E-state index is 12.2. The third-order valence-corrected chi connectivity index (χ3v) is 4.86. The largest absolute Gasteiger partial charge is 0.497 e. The van der Waals surface area contributed by atoms with Crippen LogP contribution in [0, 0.1) is 6.92 Å². The first kappa shape index (κ1) is 23.2. The zero-order valence-electron chi connectivity index (χ0n) is 17.2. The molecule has 0 aliphatic rings.